The van der Waals surface area contributed by atoms with E-state index in [9.17, 15) is 0 Å². The molecule has 0 saturated carbocycles. The number of nitrogens with zero attached hydrogens (tertiary/aromatic N) is 5. The molecule has 220 valence electrons. The van der Waals surface area contributed by atoms with Crippen LogP contribution in [0.3, 0.4) is 0 Å². The predicted molar refractivity (Wildman–Crippen MR) is 176 cm³/mol. The highest BCUT2D eigenvalue weighted by atomic mass is 16.6. The maximum absolute atomic E-state index is 5.53. The second kappa shape index (κ2) is 11.8. The van der Waals surface area contributed by atoms with Crippen LogP contribution >= 0.6 is 0 Å². The van der Waals surface area contributed by atoms with E-state index in [0.717, 1.165) is 61.8 Å². The van der Waals surface area contributed by atoms with Gasteiger partial charge in [0.25, 0.3) is 0 Å². The Bertz CT molecular complexity index is 1740. The number of ether oxygens (including phenoxy) is 2. The molecule has 4 aromatic rings. The molecule has 7 nitrogen and oxygen atoms in total. The molecule has 2 aliphatic heterocycles. The fourth-order valence-electron chi connectivity index (χ4n) is 5.71. The lowest BCUT2D eigenvalue weighted by atomic mass is 10.0. The van der Waals surface area contributed by atoms with E-state index < -0.39 is 0 Å². The lowest BCUT2D eigenvalue weighted by Crippen LogP contribution is -2.22. The largest absolute Gasteiger partial charge is 0.371 e. The van der Waals surface area contributed by atoms with Crippen LogP contribution in [-0.2, 0) is 16.0 Å². The molecule has 0 bridgehead atoms. The van der Waals surface area contributed by atoms with E-state index in [1.807, 2.05) is 17.4 Å². The smallest absolute Gasteiger partial charge is 0.101 e. The number of rotatable bonds is 11. The zero-order valence-electron chi connectivity index (χ0n) is 25.2. The van der Waals surface area contributed by atoms with Crippen LogP contribution in [0.5, 0.6) is 0 Å². The predicted octanol–water partition coefficient (Wildman–Crippen LogP) is 6.88. The third-order valence-electron chi connectivity index (χ3n) is 8.40. The number of aromatic nitrogens is 1. The van der Waals surface area contributed by atoms with Crippen LogP contribution in [0, 0.1) is 12.8 Å². The summed E-state index contributed by atoms with van der Waals surface area (Å²) in [5, 5.41) is 16.4. The molecule has 7 heteroatoms. The molecule has 3 aliphatic rings. The highest BCUT2D eigenvalue weighted by Crippen LogP contribution is 2.31. The standard InChI is InChI=1S/C36H39N5O2/c1-4-39-35-15-9-27(19-37-40(21-31-23-42-31)29-11-5-25(2)6-12-29)17-33(35)34-18-28(10-16-36(34)39)20-38-41(22-32-24-43-32)30-13-7-26(3)8-14-30/h5-7,9-20,26,31-32H,4,8,21-24H2,1-3H3. The number of fused-ring (bicyclic) bond motifs is 3. The van der Waals surface area contributed by atoms with Gasteiger partial charge in [-0.1, -0.05) is 48.9 Å². The second-order valence-electron chi connectivity index (χ2n) is 11.9. The van der Waals surface area contributed by atoms with Crippen molar-refractivity contribution in [3.8, 4) is 0 Å². The van der Waals surface area contributed by atoms with Crippen molar-refractivity contribution in [1.82, 2.24) is 9.58 Å². The Kier molecular flexibility index (Phi) is 7.59. The van der Waals surface area contributed by atoms with E-state index in [4.69, 9.17) is 19.7 Å². The molecular formula is C36H39N5O2. The fourth-order valence-corrected chi connectivity index (χ4v) is 5.71. The van der Waals surface area contributed by atoms with Crippen LogP contribution in [0.1, 0.15) is 37.0 Å². The zero-order valence-corrected chi connectivity index (χ0v) is 25.2. The van der Waals surface area contributed by atoms with Crippen molar-refractivity contribution in [1.29, 1.82) is 0 Å². The van der Waals surface area contributed by atoms with Gasteiger partial charge in [-0.25, -0.2) is 0 Å². The van der Waals surface area contributed by atoms with Crippen LogP contribution in [-0.4, -0.2) is 60.5 Å². The minimum Gasteiger partial charge on any atom is -0.371 e. The van der Waals surface area contributed by atoms with Gasteiger partial charge in [0.15, 0.2) is 0 Å². The molecule has 1 aliphatic carbocycles. The zero-order chi connectivity index (χ0) is 29.3. The van der Waals surface area contributed by atoms with Crippen LogP contribution < -0.4 is 5.01 Å². The lowest BCUT2D eigenvalue weighted by molar-refractivity contribution is 0.306. The molecule has 43 heavy (non-hydrogen) atoms. The third-order valence-corrected chi connectivity index (χ3v) is 8.40. The van der Waals surface area contributed by atoms with Crippen LogP contribution in [0.15, 0.2) is 94.8 Å². The normalized spacial score (nSPS) is 21.3. The number of anilines is 1. The molecule has 3 heterocycles. The molecule has 0 spiro atoms. The number of aryl methyl sites for hydroxylation is 2. The summed E-state index contributed by atoms with van der Waals surface area (Å²) in [6.45, 7) is 10.6. The van der Waals surface area contributed by atoms with Crippen LogP contribution in [0.4, 0.5) is 5.69 Å². The highest BCUT2D eigenvalue weighted by molar-refractivity contribution is 6.10. The molecule has 7 rings (SSSR count). The van der Waals surface area contributed by atoms with Crippen molar-refractivity contribution < 1.29 is 9.47 Å². The molecule has 0 amide bonds. The van der Waals surface area contributed by atoms with E-state index in [1.165, 1.54) is 27.4 Å². The first-order valence-corrected chi connectivity index (χ1v) is 15.4. The lowest BCUT2D eigenvalue weighted by Gasteiger charge is -2.22. The van der Waals surface area contributed by atoms with Gasteiger partial charge >= 0.3 is 0 Å². The van der Waals surface area contributed by atoms with Crippen LogP contribution in [0.25, 0.3) is 21.8 Å². The van der Waals surface area contributed by atoms with E-state index in [1.54, 1.807) is 0 Å². The summed E-state index contributed by atoms with van der Waals surface area (Å²) in [7, 11) is 0. The van der Waals surface area contributed by atoms with Crippen LogP contribution in [0.2, 0.25) is 0 Å². The van der Waals surface area contributed by atoms with Gasteiger partial charge in [0.1, 0.15) is 12.2 Å². The summed E-state index contributed by atoms with van der Waals surface area (Å²) in [5.74, 6) is 0.567. The molecular weight excluding hydrogens is 534 g/mol. The molecule has 0 radical (unpaired) electrons. The molecule has 3 unspecified atom stereocenters. The van der Waals surface area contributed by atoms with Gasteiger partial charge in [0.2, 0.25) is 0 Å². The Morgan fingerprint density at radius 1 is 0.837 bits per heavy atom. The molecule has 2 saturated heterocycles. The fraction of sp³-hybridized carbons (Fsp3) is 0.333. The average molecular weight is 574 g/mol. The molecule has 1 aromatic heterocycles. The first-order chi connectivity index (χ1) is 21.0. The summed E-state index contributed by atoms with van der Waals surface area (Å²) in [6, 6.07) is 21.8. The number of hydrogen-bond acceptors (Lipinski definition) is 6. The number of hydrazone groups is 2. The monoisotopic (exact) mass is 573 g/mol. The van der Waals surface area contributed by atoms with E-state index >= 15 is 0 Å². The van der Waals surface area contributed by atoms with E-state index in [2.05, 4.69) is 109 Å². The second-order valence-corrected chi connectivity index (χ2v) is 11.9. The highest BCUT2D eigenvalue weighted by Gasteiger charge is 2.27. The molecule has 2 fully saturated rings. The first kappa shape index (κ1) is 27.6. The van der Waals surface area contributed by atoms with Gasteiger partial charge in [-0.2, -0.15) is 10.2 Å². The summed E-state index contributed by atoms with van der Waals surface area (Å²) >= 11 is 0. The Labute approximate surface area is 253 Å². The van der Waals surface area contributed by atoms with E-state index in [-0.39, 0.29) is 12.2 Å². The Morgan fingerprint density at radius 3 is 1.95 bits per heavy atom. The summed E-state index contributed by atoms with van der Waals surface area (Å²) in [4.78, 5) is 0. The van der Waals surface area contributed by atoms with Crippen molar-refractivity contribution in [2.24, 2.45) is 16.1 Å². The minimum absolute atomic E-state index is 0.241. The summed E-state index contributed by atoms with van der Waals surface area (Å²) in [6.07, 6.45) is 12.2. The topological polar surface area (TPSA) is 61.2 Å². The molecule has 0 N–H and O–H groups in total. The minimum atomic E-state index is 0.241. The van der Waals surface area contributed by atoms with Crippen molar-refractivity contribution in [2.45, 2.75) is 45.9 Å². The summed E-state index contributed by atoms with van der Waals surface area (Å²) in [5.41, 5.74) is 8.05. The van der Waals surface area contributed by atoms with Gasteiger partial charge in [-0.15, -0.1) is 0 Å². The van der Waals surface area contributed by atoms with Gasteiger partial charge in [0, 0.05) is 28.4 Å². The van der Waals surface area contributed by atoms with Gasteiger partial charge in [-0.3, -0.25) is 10.0 Å². The first-order valence-electron chi connectivity index (χ1n) is 15.4. The molecule has 3 atom stereocenters. The van der Waals surface area contributed by atoms with Gasteiger partial charge < -0.3 is 14.0 Å². The Morgan fingerprint density at radius 2 is 1.42 bits per heavy atom. The average Bonchev–Trinajstić information content (AvgIpc) is 3.97. The Hall–Kier alpha value is -4.20. The van der Waals surface area contributed by atoms with Crippen molar-refractivity contribution in [3.63, 3.8) is 0 Å². The van der Waals surface area contributed by atoms with Crippen molar-refractivity contribution >= 4 is 39.9 Å². The number of hydrogen-bond donors (Lipinski definition) is 0. The maximum atomic E-state index is 5.53. The third kappa shape index (κ3) is 6.28. The van der Waals surface area contributed by atoms with E-state index in [0.29, 0.717) is 5.92 Å². The summed E-state index contributed by atoms with van der Waals surface area (Å²) < 4.78 is 13.4. The number of epoxide rings is 2. The SMILES string of the molecule is CCn1c2ccc(C=NN(CC3CO3)C3=CCC(C)C=C3)cc2c2cc(C=NN(CC3CO3)c3ccc(C)cc3)ccc21. The number of allylic oxidation sites excluding steroid dienone is 3. The van der Waals surface area contributed by atoms with Crippen molar-refractivity contribution in [2.75, 3.05) is 31.3 Å². The van der Waals surface area contributed by atoms with Crippen molar-refractivity contribution in [3.05, 3.63) is 101 Å². The quantitative estimate of drug-likeness (QED) is 0.112. The molecule has 3 aromatic carbocycles. The maximum Gasteiger partial charge on any atom is 0.101 e. The Balaban J connectivity index is 1.19. The van der Waals surface area contributed by atoms with Gasteiger partial charge in [-0.05, 0) is 79.8 Å². The number of benzene rings is 3. The van der Waals surface area contributed by atoms with Gasteiger partial charge in [0.05, 0.1) is 50.1 Å².